The molecular formula is C10H13BrOS. The van der Waals surface area contributed by atoms with E-state index in [1.54, 1.807) is 6.26 Å². The zero-order valence-electron chi connectivity index (χ0n) is 7.46. The van der Waals surface area contributed by atoms with Crippen molar-refractivity contribution in [1.82, 2.24) is 0 Å². The Morgan fingerprint density at radius 2 is 2.38 bits per heavy atom. The van der Waals surface area contributed by atoms with Crippen LogP contribution in [0.2, 0.25) is 0 Å². The zero-order valence-corrected chi connectivity index (χ0v) is 9.86. The van der Waals surface area contributed by atoms with Gasteiger partial charge < -0.3 is 4.42 Å². The van der Waals surface area contributed by atoms with E-state index in [9.17, 15) is 0 Å². The van der Waals surface area contributed by atoms with Crippen LogP contribution in [0, 0.1) is 5.41 Å². The van der Waals surface area contributed by atoms with Gasteiger partial charge in [0, 0.05) is 11.1 Å². The Morgan fingerprint density at radius 3 is 2.92 bits per heavy atom. The van der Waals surface area contributed by atoms with E-state index in [-0.39, 0.29) is 0 Å². The fourth-order valence-corrected chi connectivity index (χ4v) is 3.57. The lowest BCUT2D eigenvalue weighted by molar-refractivity contribution is 0.530. The summed E-state index contributed by atoms with van der Waals surface area (Å²) < 4.78 is 5.27. The van der Waals surface area contributed by atoms with E-state index >= 15 is 0 Å². The van der Waals surface area contributed by atoms with Crippen LogP contribution in [0.5, 0.6) is 0 Å². The highest BCUT2D eigenvalue weighted by atomic mass is 79.9. The van der Waals surface area contributed by atoms with Gasteiger partial charge in [-0.3, -0.25) is 0 Å². The molecule has 0 aromatic carbocycles. The van der Waals surface area contributed by atoms with Crippen molar-refractivity contribution >= 4 is 27.7 Å². The summed E-state index contributed by atoms with van der Waals surface area (Å²) in [6.07, 6.45) is 4.53. The van der Waals surface area contributed by atoms with Crippen LogP contribution in [0.1, 0.15) is 18.6 Å². The molecule has 0 radical (unpaired) electrons. The van der Waals surface area contributed by atoms with Crippen LogP contribution in [-0.2, 0) is 5.75 Å². The fraction of sp³-hybridized carbons (Fsp3) is 0.600. The second-order valence-electron chi connectivity index (χ2n) is 3.71. The van der Waals surface area contributed by atoms with Gasteiger partial charge in [0.25, 0.3) is 0 Å². The first-order valence-electron chi connectivity index (χ1n) is 4.51. The van der Waals surface area contributed by atoms with Gasteiger partial charge in [-0.1, -0.05) is 15.9 Å². The van der Waals surface area contributed by atoms with Crippen LogP contribution in [0.15, 0.2) is 22.8 Å². The molecule has 1 saturated carbocycles. The first-order valence-corrected chi connectivity index (χ1v) is 6.78. The third-order valence-corrected chi connectivity index (χ3v) is 4.97. The Kier molecular flexibility index (Phi) is 3.04. The third kappa shape index (κ3) is 2.53. The van der Waals surface area contributed by atoms with E-state index in [1.165, 1.54) is 18.6 Å². The molecule has 1 fully saturated rings. The number of alkyl halides is 1. The molecule has 0 spiro atoms. The molecule has 1 nitrogen and oxygen atoms in total. The number of halogens is 1. The Balaban J connectivity index is 1.70. The average Bonchev–Trinajstić information content (AvgIpc) is 2.74. The number of rotatable bonds is 5. The van der Waals surface area contributed by atoms with Crippen molar-refractivity contribution in [2.45, 2.75) is 18.6 Å². The quantitative estimate of drug-likeness (QED) is 0.750. The van der Waals surface area contributed by atoms with Gasteiger partial charge in [-0.2, -0.15) is 11.8 Å². The van der Waals surface area contributed by atoms with E-state index in [2.05, 4.69) is 15.9 Å². The van der Waals surface area contributed by atoms with Crippen LogP contribution in [-0.4, -0.2) is 11.1 Å². The molecule has 0 bridgehead atoms. The molecule has 0 unspecified atom stereocenters. The maximum Gasteiger partial charge on any atom is 0.113 e. The summed E-state index contributed by atoms with van der Waals surface area (Å²) in [5.41, 5.74) is 0.622. The molecule has 0 aliphatic heterocycles. The predicted molar refractivity (Wildman–Crippen MR) is 60.3 cm³/mol. The van der Waals surface area contributed by atoms with Gasteiger partial charge in [0.05, 0.1) is 12.0 Å². The van der Waals surface area contributed by atoms with Crippen molar-refractivity contribution in [2.75, 3.05) is 11.1 Å². The van der Waals surface area contributed by atoms with Gasteiger partial charge in [0.15, 0.2) is 0 Å². The van der Waals surface area contributed by atoms with Gasteiger partial charge >= 0.3 is 0 Å². The maximum absolute atomic E-state index is 5.27. The molecule has 72 valence electrons. The highest BCUT2D eigenvalue weighted by Gasteiger charge is 2.40. The second-order valence-corrected chi connectivity index (χ2v) is 5.25. The molecule has 13 heavy (non-hydrogen) atoms. The molecule has 1 aromatic rings. The number of thioether (sulfide) groups is 1. The fourth-order valence-electron chi connectivity index (χ4n) is 1.26. The Labute approximate surface area is 91.4 Å². The Morgan fingerprint density at radius 1 is 1.54 bits per heavy atom. The van der Waals surface area contributed by atoms with Crippen LogP contribution in [0.3, 0.4) is 0 Å². The van der Waals surface area contributed by atoms with Crippen molar-refractivity contribution in [3.05, 3.63) is 24.2 Å². The minimum atomic E-state index is 0.622. The average molecular weight is 261 g/mol. The van der Waals surface area contributed by atoms with Crippen molar-refractivity contribution in [2.24, 2.45) is 5.41 Å². The SMILES string of the molecule is BrCC1(CSCc2ccco2)CC1. The van der Waals surface area contributed by atoms with E-state index in [4.69, 9.17) is 4.42 Å². The van der Waals surface area contributed by atoms with Crippen molar-refractivity contribution in [1.29, 1.82) is 0 Å². The summed E-state index contributed by atoms with van der Waals surface area (Å²) in [7, 11) is 0. The molecule has 3 heteroatoms. The Bertz CT molecular complexity index is 254. The molecule has 0 atom stereocenters. The van der Waals surface area contributed by atoms with E-state index < -0.39 is 0 Å². The van der Waals surface area contributed by atoms with Crippen LogP contribution >= 0.6 is 27.7 Å². The molecule has 1 aliphatic carbocycles. The predicted octanol–water partition coefficient (Wildman–Crippen LogP) is 3.69. The molecule has 1 heterocycles. The van der Waals surface area contributed by atoms with Gasteiger partial charge in [-0.15, -0.1) is 0 Å². The standard InChI is InChI=1S/C10H13BrOS/c11-7-10(3-4-10)8-13-6-9-2-1-5-12-9/h1-2,5H,3-4,6-8H2. The number of hydrogen-bond donors (Lipinski definition) is 0. The first-order chi connectivity index (χ1) is 6.35. The molecule has 0 saturated heterocycles. The Hall–Kier alpha value is 0.110. The topological polar surface area (TPSA) is 13.1 Å². The normalized spacial score (nSPS) is 18.8. The van der Waals surface area contributed by atoms with E-state index in [1.807, 2.05) is 23.9 Å². The molecular weight excluding hydrogens is 248 g/mol. The van der Waals surface area contributed by atoms with Crippen LogP contribution < -0.4 is 0 Å². The van der Waals surface area contributed by atoms with Crippen molar-refractivity contribution < 1.29 is 4.42 Å². The minimum Gasteiger partial charge on any atom is -0.468 e. The lowest BCUT2D eigenvalue weighted by Gasteiger charge is -2.08. The maximum atomic E-state index is 5.27. The molecule has 0 N–H and O–H groups in total. The van der Waals surface area contributed by atoms with E-state index in [0.717, 1.165) is 16.8 Å². The monoisotopic (exact) mass is 260 g/mol. The van der Waals surface area contributed by atoms with E-state index in [0.29, 0.717) is 5.41 Å². The summed E-state index contributed by atoms with van der Waals surface area (Å²) in [6, 6.07) is 3.99. The number of furan rings is 1. The summed E-state index contributed by atoms with van der Waals surface area (Å²) in [5, 5.41) is 1.16. The van der Waals surface area contributed by atoms with Gasteiger partial charge in [0.1, 0.15) is 5.76 Å². The lowest BCUT2D eigenvalue weighted by atomic mass is 10.2. The van der Waals surface area contributed by atoms with Crippen LogP contribution in [0.4, 0.5) is 0 Å². The summed E-state index contributed by atoms with van der Waals surface area (Å²) in [6.45, 7) is 0. The minimum absolute atomic E-state index is 0.622. The molecule has 1 aromatic heterocycles. The molecule has 2 rings (SSSR count). The van der Waals surface area contributed by atoms with Gasteiger partial charge in [-0.25, -0.2) is 0 Å². The van der Waals surface area contributed by atoms with Crippen LogP contribution in [0.25, 0.3) is 0 Å². The van der Waals surface area contributed by atoms with Gasteiger partial charge in [0.2, 0.25) is 0 Å². The van der Waals surface area contributed by atoms with Crippen molar-refractivity contribution in [3.8, 4) is 0 Å². The summed E-state index contributed by atoms with van der Waals surface area (Å²) >= 11 is 5.56. The smallest absolute Gasteiger partial charge is 0.113 e. The highest BCUT2D eigenvalue weighted by Crippen LogP contribution is 2.49. The second kappa shape index (κ2) is 4.09. The summed E-state index contributed by atoms with van der Waals surface area (Å²) in [4.78, 5) is 0. The summed E-state index contributed by atoms with van der Waals surface area (Å²) in [5.74, 6) is 3.37. The third-order valence-electron chi connectivity index (χ3n) is 2.47. The first kappa shape index (κ1) is 9.66. The molecule has 0 amide bonds. The number of hydrogen-bond acceptors (Lipinski definition) is 2. The zero-order chi connectivity index (χ0) is 9.15. The lowest BCUT2D eigenvalue weighted by Crippen LogP contribution is -2.05. The molecule has 1 aliphatic rings. The largest absolute Gasteiger partial charge is 0.468 e. The van der Waals surface area contributed by atoms with Crippen molar-refractivity contribution in [3.63, 3.8) is 0 Å². The highest BCUT2D eigenvalue weighted by molar-refractivity contribution is 9.09. The van der Waals surface area contributed by atoms with Gasteiger partial charge in [-0.05, 0) is 30.4 Å².